The molecular formula is C10H10FN3O4. The highest BCUT2D eigenvalue weighted by Gasteiger charge is 2.22. The molecule has 8 heteroatoms. The number of aromatic nitrogens is 1. The van der Waals surface area contributed by atoms with Gasteiger partial charge in [0.2, 0.25) is 5.91 Å². The van der Waals surface area contributed by atoms with E-state index in [1.807, 2.05) is 5.32 Å². The lowest BCUT2D eigenvalue weighted by atomic mass is 10.2. The van der Waals surface area contributed by atoms with Gasteiger partial charge in [0.05, 0.1) is 18.2 Å². The minimum absolute atomic E-state index is 0.147. The quantitative estimate of drug-likeness (QED) is 0.640. The number of primary amides is 1. The molecule has 0 aliphatic rings. The van der Waals surface area contributed by atoms with E-state index in [4.69, 9.17) is 10.8 Å². The van der Waals surface area contributed by atoms with E-state index >= 15 is 0 Å². The summed E-state index contributed by atoms with van der Waals surface area (Å²) >= 11 is 0. The van der Waals surface area contributed by atoms with Crippen LogP contribution in [0.25, 0.3) is 0 Å². The number of nitrogens with one attached hydrogen (secondary N) is 1. The molecule has 0 saturated heterocycles. The van der Waals surface area contributed by atoms with Gasteiger partial charge in [-0.05, 0) is 6.07 Å². The van der Waals surface area contributed by atoms with Crippen LogP contribution in [-0.4, -0.2) is 33.9 Å². The highest BCUT2D eigenvalue weighted by atomic mass is 19.1. The number of nitrogens with zero attached hydrogens (tertiary/aromatic N) is 1. The molecule has 0 spiro atoms. The average molecular weight is 255 g/mol. The minimum Gasteiger partial charge on any atom is -0.480 e. The molecule has 1 aromatic heterocycles. The van der Waals surface area contributed by atoms with E-state index in [1.54, 1.807) is 0 Å². The summed E-state index contributed by atoms with van der Waals surface area (Å²) in [5.41, 5.74) is 4.70. The number of amides is 2. The van der Waals surface area contributed by atoms with Crippen LogP contribution in [0.3, 0.4) is 0 Å². The van der Waals surface area contributed by atoms with E-state index in [2.05, 4.69) is 4.98 Å². The fourth-order valence-electron chi connectivity index (χ4n) is 1.18. The first kappa shape index (κ1) is 13.6. The molecular weight excluding hydrogens is 245 g/mol. The number of carbonyl (C=O) groups excluding carboxylic acids is 2. The first-order chi connectivity index (χ1) is 8.40. The predicted octanol–water partition coefficient (Wildman–Crippen LogP) is -0.721. The van der Waals surface area contributed by atoms with Gasteiger partial charge in [-0.3, -0.25) is 14.6 Å². The summed E-state index contributed by atoms with van der Waals surface area (Å²) in [5, 5.41) is 10.8. The molecule has 0 bridgehead atoms. The molecule has 1 aromatic rings. The number of rotatable bonds is 5. The smallest absolute Gasteiger partial charge is 0.326 e. The average Bonchev–Trinajstić information content (AvgIpc) is 2.27. The molecule has 1 atom stereocenters. The van der Waals surface area contributed by atoms with Crippen molar-refractivity contribution in [2.24, 2.45) is 5.73 Å². The summed E-state index contributed by atoms with van der Waals surface area (Å²) < 4.78 is 12.8. The van der Waals surface area contributed by atoms with Crippen molar-refractivity contribution in [3.8, 4) is 0 Å². The normalized spacial score (nSPS) is 11.6. The van der Waals surface area contributed by atoms with Crippen LogP contribution in [-0.2, 0) is 9.59 Å². The van der Waals surface area contributed by atoms with Crippen molar-refractivity contribution in [2.75, 3.05) is 0 Å². The molecule has 0 radical (unpaired) electrons. The Kier molecular flexibility index (Phi) is 4.30. The summed E-state index contributed by atoms with van der Waals surface area (Å²) in [6.45, 7) is 0. The van der Waals surface area contributed by atoms with Gasteiger partial charge in [-0.25, -0.2) is 9.18 Å². The highest BCUT2D eigenvalue weighted by Crippen LogP contribution is 2.02. The number of halogens is 1. The maximum Gasteiger partial charge on any atom is 0.326 e. The van der Waals surface area contributed by atoms with E-state index in [-0.39, 0.29) is 5.56 Å². The molecule has 4 N–H and O–H groups in total. The zero-order valence-electron chi connectivity index (χ0n) is 9.09. The van der Waals surface area contributed by atoms with E-state index in [1.165, 1.54) is 0 Å². The zero-order chi connectivity index (χ0) is 13.7. The largest absolute Gasteiger partial charge is 0.480 e. The number of pyridine rings is 1. The van der Waals surface area contributed by atoms with Crippen molar-refractivity contribution in [3.05, 3.63) is 29.8 Å². The van der Waals surface area contributed by atoms with Crippen molar-refractivity contribution in [1.29, 1.82) is 0 Å². The van der Waals surface area contributed by atoms with Crippen molar-refractivity contribution in [3.63, 3.8) is 0 Å². The summed E-state index contributed by atoms with van der Waals surface area (Å²) in [6.07, 6.45) is 1.42. The molecule has 0 saturated carbocycles. The molecule has 1 unspecified atom stereocenters. The summed E-state index contributed by atoms with van der Waals surface area (Å²) in [7, 11) is 0. The van der Waals surface area contributed by atoms with Gasteiger partial charge in [0.15, 0.2) is 0 Å². The fourth-order valence-corrected chi connectivity index (χ4v) is 1.18. The summed E-state index contributed by atoms with van der Waals surface area (Å²) in [4.78, 5) is 36.4. The predicted molar refractivity (Wildman–Crippen MR) is 56.9 cm³/mol. The van der Waals surface area contributed by atoms with Crippen LogP contribution < -0.4 is 11.1 Å². The number of hydrogen-bond acceptors (Lipinski definition) is 4. The Bertz CT molecular complexity index is 492. The summed E-state index contributed by atoms with van der Waals surface area (Å²) in [5.74, 6) is -3.87. The van der Waals surface area contributed by atoms with Crippen LogP contribution >= 0.6 is 0 Å². The first-order valence-corrected chi connectivity index (χ1v) is 4.82. The SMILES string of the molecule is NC(=O)CC(NC(=O)c1cncc(F)c1)C(=O)O. The lowest BCUT2D eigenvalue weighted by Gasteiger charge is -2.12. The lowest BCUT2D eigenvalue weighted by molar-refractivity contribution is -0.140. The van der Waals surface area contributed by atoms with Crippen molar-refractivity contribution in [2.45, 2.75) is 12.5 Å². The molecule has 7 nitrogen and oxygen atoms in total. The molecule has 0 aliphatic carbocycles. The third-order valence-corrected chi connectivity index (χ3v) is 1.98. The van der Waals surface area contributed by atoms with Crippen molar-refractivity contribution >= 4 is 17.8 Å². The second-order valence-electron chi connectivity index (χ2n) is 3.43. The topological polar surface area (TPSA) is 122 Å². The first-order valence-electron chi connectivity index (χ1n) is 4.82. The van der Waals surface area contributed by atoms with Gasteiger partial charge >= 0.3 is 5.97 Å². The molecule has 0 fully saturated rings. The Labute approximate surface area is 101 Å². The minimum atomic E-state index is -1.46. The van der Waals surface area contributed by atoms with Gasteiger partial charge in [-0.1, -0.05) is 0 Å². The van der Waals surface area contributed by atoms with Crippen LogP contribution in [0.15, 0.2) is 18.5 Å². The molecule has 0 aromatic carbocycles. The Balaban J connectivity index is 2.78. The molecule has 0 aliphatic heterocycles. The molecule has 1 heterocycles. The van der Waals surface area contributed by atoms with Gasteiger partial charge < -0.3 is 16.2 Å². The fraction of sp³-hybridized carbons (Fsp3) is 0.200. The van der Waals surface area contributed by atoms with Crippen molar-refractivity contribution < 1.29 is 23.9 Å². The van der Waals surface area contributed by atoms with Crippen LogP contribution in [0.4, 0.5) is 4.39 Å². The Morgan fingerprint density at radius 3 is 2.61 bits per heavy atom. The Morgan fingerprint density at radius 1 is 1.44 bits per heavy atom. The number of nitrogens with two attached hydrogens (primary N) is 1. The molecule has 96 valence electrons. The molecule has 18 heavy (non-hydrogen) atoms. The highest BCUT2D eigenvalue weighted by molar-refractivity contribution is 5.97. The molecule has 2 amide bonds. The zero-order valence-corrected chi connectivity index (χ0v) is 9.09. The van der Waals surface area contributed by atoms with Crippen molar-refractivity contribution in [1.82, 2.24) is 10.3 Å². The maximum atomic E-state index is 12.8. The second-order valence-corrected chi connectivity index (χ2v) is 3.43. The Hall–Kier alpha value is -2.51. The van der Waals surface area contributed by atoms with Gasteiger partial charge in [-0.15, -0.1) is 0 Å². The van der Waals surface area contributed by atoms with Gasteiger partial charge in [0, 0.05) is 6.20 Å². The standard InChI is InChI=1S/C10H10FN3O4/c11-6-1-5(3-13-4-6)9(16)14-7(10(17)18)2-8(12)15/h1,3-4,7H,2H2,(H2,12,15)(H,14,16)(H,17,18). The van der Waals surface area contributed by atoms with E-state index in [9.17, 15) is 18.8 Å². The number of carboxylic acid groups (broad SMARTS) is 1. The third kappa shape index (κ3) is 3.81. The van der Waals surface area contributed by atoms with Crippen LogP contribution in [0.5, 0.6) is 0 Å². The van der Waals surface area contributed by atoms with Crippen LogP contribution in [0, 0.1) is 5.82 Å². The number of carbonyl (C=O) groups is 3. The number of hydrogen-bond donors (Lipinski definition) is 3. The second kappa shape index (κ2) is 5.71. The number of carboxylic acids is 1. The monoisotopic (exact) mass is 255 g/mol. The molecule has 1 rings (SSSR count). The van der Waals surface area contributed by atoms with Crippen LogP contribution in [0.1, 0.15) is 16.8 Å². The van der Waals surface area contributed by atoms with Crippen LogP contribution in [0.2, 0.25) is 0 Å². The van der Waals surface area contributed by atoms with E-state index in [0.29, 0.717) is 0 Å². The third-order valence-electron chi connectivity index (χ3n) is 1.98. The van der Waals surface area contributed by atoms with Gasteiger partial charge in [0.25, 0.3) is 5.91 Å². The van der Waals surface area contributed by atoms with E-state index in [0.717, 1.165) is 18.5 Å². The maximum absolute atomic E-state index is 12.8. The van der Waals surface area contributed by atoms with Gasteiger partial charge in [0.1, 0.15) is 11.9 Å². The van der Waals surface area contributed by atoms with Gasteiger partial charge in [-0.2, -0.15) is 0 Å². The lowest BCUT2D eigenvalue weighted by Crippen LogP contribution is -2.43. The van der Waals surface area contributed by atoms with E-state index < -0.39 is 36.1 Å². The Morgan fingerprint density at radius 2 is 2.11 bits per heavy atom. The number of aliphatic carboxylic acids is 1. The summed E-state index contributed by atoms with van der Waals surface area (Å²) in [6, 6.07) is -0.566.